The van der Waals surface area contributed by atoms with Crippen LogP contribution in [0.25, 0.3) is 0 Å². The molecule has 0 aromatic carbocycles. The van der Waals surface area contributed by atoms with Gasteiger partial charge in [0.15, 0.2) is 11.6 Å². The van der Waals surface area contributed by atoms with Crippen molar-refractivity contribution < 1.29 is 38.9 Å². The van der Waals surface area contributed by atoms with Crippen molar-refractivity contribution in [1.29, 1.82) is 0 Å². The van der Waals surface area contributed by atoms with Gasteiger partial charge in [-0.3, -0.25) is 19.2 Å². The van der Waals surface area contributed by atoms with Crippen LogP contribution in [-0.2, 0) is 28.8 Å². The molecule has 0 bridgehead atoms. The summed E-state index contributed by atoms with van der Waals surface area (Å²) < 4.78 is 5.21. The number of esters is 1. The highest BCUT2D eigenvalue weighted by atomic mass is 16.9. The zero-order chi connectivity index (χ0) is 29.1. The number of amides is 1. The molecule has 11 heteroatoms. The zero-order valence-corrected chi connectivity index (χ0v) is 23.3. The monoisotopic (exact) mass is 560 g/mol. The summed E-state index contributed by atoms with van der Waals surface area (Å²) in [5.41, 5.74) is 0.343. The second-order valence-corrected chi connectivity index (χ2v) is 12.2. The lowest BCUT2D eigenvalue weighted by Crippen LogP contribution is -2.56. The van der Waals surface area contributed by atoms with Crippen molar-refractivity contribution in [1.82, 2.24) is 5.32 Å². The first-order valence-corrected chi connectivity index (χ1v) is 14.3. The Labute approximate surface area is 233 Å². The molecule has 40 heavy (non-hydrogen) atoms. The van der Waals surface area contributed by atoms with Crippen LogP contribution in [0.3, 0.4) is 0 Å². The first-order valence-electron chi connectivity index (χ1n) is 14.3. The van der Waals surface area contributed by atoms with E-state index in [-0.39, 0.29) is 72.7 Å². The number of ketones is 2. The van der Waals surface area contributed by atoms with Gasteiger partial charge in [0.05, 0.1) is 12.7 Å². The smallest absolute Gasteiger partial charge is 0.325 e. The van der Waals surface area contributed by atoms with E-state index in [1.165, 1.54) is 0 Å². The van der Waals surface area contributed by atoms with Crippen molar-refractivity contribution in [3.05, 3.63) is 33.9 Å². The molecule has 0 radical (unpaired) electrons. The zero-order valence-electron chi connectivity index (χ0n) is 23.3. The molecule has 3 fully saturated rings. The van der Waals surface area contributed by atoms with Gasteiger partial charge in [-0.15, -0.1) is 10.1 Å². The number of allylic oxidation sites excluding steroid dienone is 4. The van der Waals surface area contributed by atoms with Crippen molar-refractivity contribution in [3.8, 4) is 0 Å². The van der Waals surface area contributed by atoms with Gasteiger partial charge >= 0.3 is 5.97 Å². The van der Waals surface area contributed by atoms with Gasteiger partial charge in [0.1, 0.15) is 13.2 Å². The standard InChI is InChI=1S/C29H40N2O9/c1-28-12-11-19(32)14-18(28)7-8-20-21-9-10-22(29(21,2)15-23(33)27(20)28)24(34)17-39-26(36)16-30-25(35)6-4-3-5-13-40-31(37)38/h11-12,14,20-23,27,33H,3-10,13,15-17H2,1-2H3,(H,30,35). The molecule has 0 heterocycles. The van der Waals surface area contributed by atoms with Crippen LogP contribution in [0.4, 0.5) is 0 Å². The molecule has 1 amide bonds. The number of unbranched alkanes of at least 4 members (excludes halogenated alkanes) is 2. The van der Waals surface area contributed by atoms with Gasteiger partial charge in [-0.05, 0) is 74.3 Å². The molecule has 11 nitrogen and oxygen atoms in total. The lowest BCUT2D eigenvalue weighted by atomic mass is 9.46. The summed E-state index contributed by atoms with van der Waals surface area (Å²) in [4.78, 5) is 63.7. The first kappa shape index (κ1) is 29.9. The number of carbonyl (C=O) groups is 4. The Hall–Kier alpha value is -3.08. The summed E-state index contributed by atoms with van der Waals surface area (Å²) in [6.07, 6.45) is 10.1. The number of ether oxygens (including phenoxy) is 1. The predicted molar refractivity (Wildman–Crippen MR) is 142 cm³/mol. The predicted octanol–water partition coefficient (Wildman–Crippen LogP) is 2.88. The number of aliphatic hydroxyl groups is 1. The molecule has 4 aliphatic rings. The Kier molecular flexibility index (Phi) is 9.12. The van der Waals surface area contributed by atoms with Crippen LogP contribution in [0.2, 0.25) is 0 Å². The first-order chi connectivity index (χ1) is 19.0. The van der Waals surface area contributed by atoms with Gasteiger partial charge in [0.2, 0.25) is 5.91 Å². The minimum Gasteiger partial charge on any atom is -0.456 e. The molecule has 7 atom stereocenters. The molecule has 220 valence electrons. The maximum atomic E-state index is 13.3. The molecular formula is C29H40N2O9. The highest BCUT2D eigenvalue weighted by Gasteiger charge is 2.62. The fourth-order valence-corrected chi connectivity index (χ4v) is 8.12. The van der Waals surface area contributed by atoms with Crippen molar-refractivity contribution in [3.63, 3.8) is 0 Å². The minimum absolute atomic E-state index is 0.000325. The minimum atomic E-state index is -0.856. The summed E-state index contributed by atoms with van der Waals surface area (Å²) in [7, 11) is 0. The van der Waals surface area contributed by atoms with Gasteiger partial charge < -0.3 is 20.0 Å². The Balaban J connectivity index is 1.25. The van der Waals surface area contributed by atoms with Crippen LogP contribution >= 0.6 is 0 Å². The highest BCUT2D eigenvalue weighted by Crippen LogP contribution is 2.66. The number of hydrogen-bond acceptors (Lipinski definition) is 9. The van der Waals surface area contributed by atoms with Gasteiger partial charge in [-0.1, -0.05) is 31.9 Å². The molecule has 0 saturated heterocycles. The SMILES string of the molecule is CC12C=CC(=O)C=C1CCC1C2C(O)CC2(C)C(C(=O)COC(=O)CNC(=O)CCCCCO[N+](=O)[O-])CCC12. The van der Waals surface area contributed by atoms with E-state index in [1.54, 1.807) is 12.2 Å². The van der Waals surface area contributed by atoms with E-state index in [0.717, 1.165) is 24.8 Å². The van der Waals surface area contributed by atoms with Crippen molar-refractivity contribution in [2.45, 2.75) is 77.7 Å². The summed E-state index contributed by atoms with van der Waals surface area (Å²) in [5.74, 6) is -1.00. The third-order valence-electron chi connectivity index (χ3n) is 9.93. The molecule has 0 spiro atoms. The summed E-state index contributed by atoms with van der Waals surface area (Å²) in [6.45, 7) is 3.49. The van der Waals surface area contributed by atoms with Gasteiger partial charge in [-0.25, -0.2) is 0 Å². The molecule has 4 aliphatic carbocycles. The number of nitrogens with zero attached hydrogens (tertiary/aromatic N) is 1. The second kappa shape index (κ2) is 12.2. The third-order valence-corrected chi connectivity index (χ3v) is 9.93. The largest absolute Gasteiger partial charge is 0.456 e. The Morgan fingerprint density at radius 3 is 2.70 bits per heavy atom. The molecule has 0 aromatic heterocycles. The number of Topliss-reactive ketones (excluding diaryl/α,β-unsaturated/α-hetero) is 1. The van der Waals surface area contributed by atoms with Crippen LogP contribution < -0.4 is 5.32 Å². The van der Waals surface area contributed by atoms with E-state index in [0.29, 0.717) is 32.1 Å². The van der Waals surface area contributed by atoms with E-state index in [9.17, 15) is 34.4 Å². The second-order valence-electron chi connectivity index (χ2n) is 12.2. The molecule has 3 saturated carbocycles. The third kappa shape index (κ3) is 6.14. The van der Waals surface area contributed by atoms with Crippen LogP contribution in [0.15, 0.2) is 23.8 Å². The number of nitrogens with one attached hydrogen (secondary N) is 1. The molecule has 0 aliphatic heterocycles. The maximum Gasteiger partial charge on any atom is 0.325 e. The van der Waals surface area contributed by atoms with E-state index in [4.69, 9.17) is 4.74 Å². The fourth-order valence-electron chi connectivity index (χ4n) is 8.12. The van der Waals surface area contributed by atoms with Crippen molar-refractivity contribution in [2.24, 2.45) is 34.5 Å². The van der Waals surface area contributed by atoms with Crippen LogP contribution in [-0.4, -0.2) is 59.5 Å². The number of rotatable bonds is 12. The van der Waals surface area contributed by atoms with Gasteiger partial charge in [0, 0.05) is 23.7 Å². The van der Waals surface area contributed by atoms with Gasteiger partial charge in [0.25, 0.3) is 5.09 Å². The Morgan fingerprint density at radius 1 is 1.18 bits per heavy atom. The van der Waals surface area contributed by atoms with E-state index in [2.05, 4.69) is 24.0 Å². The molecule has 7 unspecified atom stereocenters. The number of hydrogen-bond donors (Lipinski definition) is 2. The highest BCUT2D eigenvalue weighted by molar-refractivity contribution is 6.01. The summed E-state index contributed by atoms with van der Waals surface area (Å²) in [5, 5.41) is 23.1. The quantitative estimate of drug-likeness (QED) is 0.158. The molecule has 4 rings (SSSR count). The van der Waals surface area contributed by atoms with Crippen LogP contribution in [0.1, 0.15) is 71.6 Å². The Bertz CT molecular complexity index is 1100. The fraction of sp³-hybridized carbons (Fsp3) is 0.724. The number of carbonyl (C=O) groups excluding carboxylic acids is 4. The average molecular weight is 561 g/mol. The topological polar surface area (TPSA) is 162 Å². The normalized spacial score (nSPS) is 34.1. The average Bonchev–Trinajstić information content (AvgIpc) is 3.24. The van der Waals surface area contributed by atoms with Crippen LogP contribution in [0.5, 0.6) is 0 Å². The van der Waals surface area contributed by atoms with Crippen LogP contribution in [0, 0.1) is 44.6 Å². The summed E-state index contributed by atoms with van der Waals surface area (Å²) >= 11 is 0. The molecule has 2 N–H and O–H groups in total. The van der Waals surface area contributed by atoms with Crippen molar-refractivity contribution in [2.75, 3.05) is 19.8 Å². The lowest BCUT2D eigenvalue weighted by molar-refractivity contribution is -0.757. The van der Waals surface area contributed by atoms with Crippen molar-refractivity contribution >= 4 is 23.4 Å². The van der Waals surface area contributed by atoms with E-state index in [1.807, 2.05) is 6.08 Å². The maximum absolute atomic E-state index is 13.3. The van der Waals surface area contributed by atoms with E-state index < -0.39 is 22.6 Å². The Morgan fingerprint density at radius 2 is 1.95 bits per heavy atom. The number of fused-ring (bicyclic) bond motifs is 5. The molecule has 0 aromatic rings. The van der Waals surface area contributed by atoms with E-state index >= 15 is 0 Å². The summed E-state index contributed by atoms with van der Waals surface area (Å²) in [6, 6.07) is 0. The number of aliphatic hydroxyl groups excluding tert-OH is 1. The van der Waals surface area contributed by atoms with Gasteiger partial charge in [-0.2, -0.15) is 0 Å². The molecular weight excluding hydrogens is 520 g/mol. The lowest BCUT2D eigenvalue weighted by Gasteiger charge is -2.58.